The van der Waals surface area contributed by atoms with Crippen molar-refractivity contribution in [3.63, 3.8) is 0 Å². The first kappa shape index (κ1) is 15.4. The molecule has 2 aromatic carbocycles. The number of nitrogens with one attached hydrogen (secondary N) is 2. The number of anilines is 1. The van der Waals surface area contributed by atoms with Crippen LogP contribution in [0, 0.1) is 0 Å². The number of rotatable bonds is 6. The van der Waals surface area contributed by atoms with Crippen molar-refractivity contribution in [2.75, 3.05) is 5.32 Å². The van der Waals surface area contributed by atoms with E-state index in [9.17, 15) is 4.79 Å². The lowest BCUT2D eigenvalue weighted by Gasteiger charge is -2.06. The second kappa shape index (κ2) is 6.81. The van der Waals surface area contributed by atoms with E-state index in [4.69, 9.17) is 4.52 Å². The molecular formula is C20H19N3O2. The van der Waals surface area contributed by atoms with Gasteiger partial charge in [-0.15, -0.1) is 0 Å². The van der Waals surface area contributed by atoms with E-state index in [0.29, 0.717) is 18.2 Å². The van der Waals surface area contributed by atoms with Crippen molar-refractivity contribution in [1.82, 2.24) is 10.5 Å². The molecule has 1 aliphatic rings. The third-order valence-electron chi connectivity index (χ3n) is 4.15. The van der Waals surface area contributed by atoms with Crippen molar-refractivity contribution in [1.29, 1.82) is 0 Å². The predicted octanol–water partition coefficient (Wildman–Crippen LogP) is 3.85. The van der Waals surface area contributed by atoms with E-state index in [1.54, 1.807) is 0 Å². The van der Waals surface area contributed by atoms with Gasteiger partial charge in [-0.25, -0.2) is 0 Å². The molecule has 0 unspecified atom stereocenters. The first-order valence-electron chi connectivity index (χ1n) is 8.44. The number of carbonyl (C=O) groups excluding carboxylic acids is 1. The second-order valence-corrected chi connectivity index (χ2v) is 6.22. The number of nitrogens with zero attached hydrogens (tertiary/aromatic N) is 1. The van der Waals surface area contributed by atoms with Gasteiger partial charge in [-0.2, -0.15) is 0 Å². The summed E-state index contributed by atoms with van der Waals surface area (Å²) in [5.41, 5.74) is 3.47. The molecule has 126 valence electrons. The molecule has 1 saturated carbocycles. The van der Waals surface area contributed by atoms with Crippen LogP contribution in [0.4, 0.5) is 5.69 Å². The van der Waals surface area contributed by atoms with Gasteiger partial charge in [0.15, 0.2) is 5.76 Å². The van der Waals surface area contributed by atoms with Gasteiger partial charge >= 0.3 is 0 Å². The molecule has 1 amide bonds. The smallest absolute Gasteiger partial charge is 0.251 e. The summed E-state index contributed by atoms with van der Waals surface area (Å²) >= 11 is 0. The molecule has 1 heterocycles. The first-order valence-corrected chi connectivity index (χ1v) is 8.44. The summed E-state index contributed by atoms with van der Waals surface area (Å²) in [5.74, 6) is 0.756. The average molecular weight is 333 g/mol. The lowest BCUT2D eigenvalue weighted by Crippen LogP contribution is -2.25. The topological polar surface area (TPSA) is 67.2 Å². The maximum absolute atomic E-state index is 12.0. The Balaban J connectivity index is 1.35. The zero-order chi connectivity index (χ0) is 17.1. The van der Waals surface area contributed by atoms with Gasteiger partial charge in [-0.05, 0) is 37.1 Å². The highest BCUT2D eigenvalue weighted by Crippen LogP contribution is 2.21. The standard InChI is InChI=1S/C20H19N3O2/c24-20(22-17-10-11-17)15-6-8-16(9-7-15)21-13-18-12-19(23-25-18)14-4-2-1-3-5-14/h1-9,12,17,21H,10-11,13H2,(H,22,24). The fraction of sp³-hybridized carbons (Fsp3) is 0.200. The normalized spacial score (nSPS) is 13.4. The molecule has 0 atom stereocenters. The first-order chi connectivity index (χ1) is 12.3. The van der Waals surface area contributed by atoms with Crippen LogP contribution < -0.4 is 10.6 Å². The number of hydrogen-bond acceptors (Lipinski definition) is 4. The molecule has 5 heteroatoms. The molecule has 1 fully saturated rings. The summed E-state index contributed by atoms with van der Waals surface area (Å²) < 4.78 is 5.38. The largest absolute Gasteiger partial charge is 0.378 e. The minimum absolute atomic E-state index is 0.00297. The highest BCUT2D eigenvalue weighted by atomic mass is 16.5. The van der Waals surface area contributed by atoms with E-state index in [0.717, 1.165) is 35.5 Å². The van der Waals surface area contributed by atoms with Gasteiger partial charge in [-0.1, -0.05) is 35.5 Å². The summed E-state index contributed by atoms with van der Waals surface area (Å²) in [7, 11) is 0. The molecule has 1 aromatic heterocycles. The van der Waals surface area contributed by atoms with Crippen LogP contribution in [0.15, 0.2) is 65.2 Å². The lowest BCUT2D eigenvalue weighted by molar-refractivity contribution is 0.0951. The molecule has 2 N–H and O–H groups in total. The van der Waals surface area contributed by atoms with Crippen LogP contribution in [0.3, 0.4) is 0 Å². The van der Waals surface area contributed by atoms with Gasteiger partial charge < -0.3 is 15.2 Å². The average Bonchev–Trinajstić information content (AvgIpc) is 3.34. The van der Waals surface area contributed by atoms with E-state index in [1.807, 2.05) is 60.7 Å². The number of amides is 1. The lowest BCUT2D eigenvalue weighted by atomic mass is 10.1. The third kappa shape index (κ3) is 3.88. The fourth-order valence-corrected chi connectivity index (χ4v) is 2.57. The van der Waals surface area contributed by atoms with E-state index in [2.05, 4.69) is 15.8 Å². The molecular weight excluding hydrogens is 314 g/mol. The minimum Gasteiger partial charge on any atom is -0.378 e. The molecule has 0 radical (unpaired) electrons. The van der Waals surface area contributed by atoms with Gasteiger partial charge in [0.05, 0.1) is 6.54 Å². The highest BCUT2D eigenvalue weighted by molar-refractivity contribution is 5.94. The molecule has 0 bridgehead atoms. The summed E-state index contributed by atoms with van der Waals surface area (Å²) in [5, 5.41) is 10.4. The maximum atomic E-state index is 12.0. The van der Waals surface area contributed by atoms with E-state index in [-0.39, 0.29) is 5.91 Å². The highest BCUT2D eigenvalue weighted by Gasteiger charge is 2.23. The van der Waals surface area contributed by atoms with Crippen LogP contribution in [0.5, 0.6) is 0 Å². The molecule has 0 spiro atoms. The van der Waals surface area contributed by atoms with E-state index < -0.39 is 0 Å². The molecule has 0 saturated heterocycles. The molecule has 3 aromatic rings. The second-order valence-electron chi connectivity index (χ2n) is 6.22. The SMILES string of the molecule is O=C(NC1CC1)c1ccc(NCc2cc(-c3ccccc3)no2)cc1. The monoisotopic (exact) mass is 333 g/mol. The predicted molar refractivity (Wildman–Crippen MR) is 96.2 cm³/mol. The molecule has 0 aliphatic heterocycles. The van der Waals surface area contributed by atoms with Crippen LogP contribution in [-0.2, 0) is 6.54 Å². The van der Waals surface area contributed by atoms with Crippen LogP contribution in [0.2, 0.25) is 0 Å². The van der Waals surface area contributed by atoms with Crippen LogP contribution >= 0.6 is 0 Å². The van der Waals surface area contributed by atoms with Gasteiger partial charge in [0.1, 0.15) is 5.69 Å². The molecule has 4 rings (SSSR count). The molecule has 25 heavy (non-hydrogen) atoms. The quantitative estimate of drug-likeness (QED) is 0.719. The Kier molecular flexibility index (Phi) is 4.21. The van der Waals surface area contributed by atoms with Crippen molar-refractivity contribution in [3.05, 3.63) is 72.0 Å². The Hall–Kier alpha value is -3.08. The number of benzene rings is 2. The number of aromatic nitrogens is 1. The van der Waals surface area contributed by atoms with Gasteiger partial charge in [-0.3, -0.25) is 4.79 Å². The zero-order valence-corrected chi connectivity index (χ0v) is 13.7. The van der Waals surface area contributed by atoms with Crippen molar-refractivity contribution in [3.8, 4) is 11.3 Å². The Morgan fingerprint density at radius 1 is 1.08 bits per heavy atom. The minimum atomic E-state index is -0.00297. The van der Waals surface area contributed by atoms with Gasteiger partial charge in [0.25, 0.3) is 5.91 Å². The Morgan fingerprint density at radius 2 is 1.84 bits per heavy atom. The summed E-state index contributed by atoms with van der Waals surface area (Å²) in [6, 6.07) is 19.7. The summed E-state index contributed by atoms with van der Waals surface area (Å²) in [6.07, 6.45) is 2.18. The Morgan fingerprint density at radius 3 is 2.56 bits per heavy atom. The summed E-state index contributed by atoms with van der Waals surface area (Å²) in [4.78, 5) is 12.0. The zero-order valence-electron chi connectivity index (χ0n) is 13.7. The third-order valence-corrected chi connectivity index (χ3v) is 4.15. The maximum Gasteiger partial charge on any atom is 0.251 e. The Labute approximate surface area is 146 Å². The van der Waals surface area contributed by atoms with E-state index >= 15 is 0 Å². The fourth-order valence-electron chi connectivity index (χ4n) is 2.57. The Bertz CT molecular complexity index is 852. The van der Waals surface area contributed by atoms with Crippen molar-refractivity contribution >= 4 is 11.6 Å². The number of hydrogen-bond donors (Lipinski definition) is 2. The van der Waals surface area contributed by atoms with Crippen molar-refractivity contribution in [2.45, 2.75) is 25.4 Å². The van der Waals surface area contributed by atoms with Crippen LogP contribution in [0.1, 0.15) is 29.0 Å². The molecule has 5 nitrogen and oxygen atoms in total. The van der Waals surface area contributed by atoms with Crippen LogP contribution in [0.25, 0.3) is 11.3 Å². The molecule has 1 aliphatic carbocycles. The van der Waals surface area contributed by atoms with Gasteiger partial charge in [0.2, 0.25) is 0 Å². The number of carbonyl (C=O) groups is 1. The van der Waals surface area contributed by atoms with Crippen molar-refractivity contribution in [2.24, 2.45) is 0 Å². The summed E-state index contributed by atoms with van der Waals surface area (Å²) in [6.45, 7) is 0.535. The van der Waals surface area contributed by atoms with Crippen molar-refractivity contribution < 1.29 is 9.32 Å². The van der Waals surface area contributed by atoms with Crippen LogP contribution in [-0.4, -0.2) is 17.1 Å². The van der Waals surface area contributed by atoms with E-state index in [1.165, 1.54) is 0 Å². The van der Waals surface area contributed by atoms with Gasteiger partial charge in [0, 0.05) is 28.9 Å².